The van der Waals surface area contributed by atoms with Crippen molar-refractivity contribution in [3.63, 3.8) is 0 Å². The lowest BCUT2D eigenvalue weighted by Crippen LogP contribution is -2.22. The monoisotopic (exact) mass is 243 g/mol. The van der Waals surface area contributed by atoms with Crippen LogP contribution >= 0.6 is 0 Å². The Kier molecular flexibility index (Phi) is 3.26. The van der Waals surface area contributed by atoms with Crippen molar-refractivity contribution in [3.8, 4) is 0 Å². The number of hydrogen-bond donors (Lipinski definition) is 1. The molecule has 1 aromatic heterocycles. The van der Waals surface area contributed by atoms with E-state index in [2.05, 4.69) is 44.1 Å². The second kappa shape index (κ2) is 4.58. The van der Waals surface area contributed by atoms with E-state index in [1.165, 1.54) is 11.1 Å². The van der Waals surface area contributed by atoms with E-state index in [-0.39, 0.29) is 11.5 Å². The molecule has 0 amide bonds. The van der Waals surface area contributed by atoms with Gasteiger partial charge in [-0.2, -0.15) is 5.10 Å². The zero-order valence-electron chi connectivity index (χ0n) is 11.5. The standard InChI is InChI=1S/C15H21N3/c1-15(2,3)12-8-6-5-7-11(12)14(16)13-9-10-17-18(13)4/h5-10,14H,16H2,1-4H3. The normalized spacial score (nSPS) is 13.6. The van der Waals surface area contributed by atoms with Gasteiger partial charge in [-0.1, -0.05) is 45.0 Å². The lowest BCUT2D eigenvalue weighted by molar-refractivity contribution is 0.572. The smallest absolute Gasteiger partial charge is 0.0726 e. The van der Waals surface area contributed by atoms with Gasteiger partial charge in [0.25, 0.3) is 0 Å². The molecule has 1 aromatic carbocycles. The Hall–Kier alpha value is -1.61. The summed E-state index contributed by atoms with van der Waals surface area (Å²) in [7, 11) is 1.93. The third-order valence-corrected chi connectivity index (χ3v) is 3.28. The maximum absolute atomic E-state index is 6.40. The summed E-state index contributed by atoms with van der Waals surface area (Å²) in [4.78, 5) is 0. The van der Waals surface area contributed by atoms with Crippen LogP contribution in [0.1, 0.15) is 43.6 Å². The summed E-state index contributed by atoms with van der Waals surface area (Å²) >= 11 is 0. The van der Waals surface area contributed by atoms with Crippen LogP contribution in [-0.2, 0) is 12.5 Å². The molecule has 1 unspecified atom stereocenters. The molecule has 0 bridgehead atoms. The summed E-state index contributed by atoms with van der Waals surface area (Å²) in [6, 6.07) is 10.2. The van der Waals surface area contributed by atoms with Crippen LogP contribution < -0.4 is 5.73 Å². The van der Waals surface area contributed by atoms with Crippen LogP contribution in [0.3, 0.4) is 0 Å². The largest absolute Gasteiger partial charge is 0.319 e. The van der Waals surface area contributed by atoms with Crippen LogP contribution in [0.2, 0.25) is 0 Å². The molecule has 2 rings (SSSR count). The Morgan fingerprint density at radius 1 is 1.17 bits per heavy atom. The molecule has 0 spiro atoms. The summed E-state index contributed by atoms with van der Waals surface area (Å²) in [5.74, 6) is 0. The van der Waals surface area contributed by atoms with Crippen LogP contribution in [0, 0.1) is 0 Å². The first-order valence-corrected chi connectivity index (χ1v) is 6.24. The molecule has 3 nitrogen and oxygen atoms in total. The first kappa shape index (κ1) is 12.8. The minimum absolute atomic E-state index is 0.0901. The molecule has 2 N–H and O–H groups in total. The van der Waals surface area contributed by atoms with E-state index in [0.717, 1.165) is 5.69 Å². The van der Waals surface area contributed by atoms with Crippen molar-refractivity contribution in [2.24, 2.45) is 12.8 Å². The van der Waals surface area contributed by atoms with Crippen LogP contribution in [0.5, 0.6) is 0 Å². The van der Waals surface area contributed by atoms with Gasteiger partial charge in [0, 0.05) is 13.2 Å². The number of rotatable bonds is 2. The van der Waals surface area contributed by atoms with Crippen molar-refractivity contribution < 1.29 is 0 Å². The lowest BCUT2D eigenvalue weighted by atomic mass is 9.81. The van der Waals surface area contributed by atoms with E-state index in [9.17, 15) is 0 Å². The van der Waals surface area contributed by atoms with Crippen molar-refractivity contribution in [3.05, 3.63) is 53.3 Å². The van der Waals surface area contributed by atoms with Crippen molar-refractivity contribution in [2.45, 2.75) is 32.2 Å². The molecule has 0 aliphatic rings. The van der Waals surface area contributed by atoms with E-state index in [1.807, 2.05) is 23.9 Å². The maximum atomic E-state index is 6.40. The summed E-state index contributed by atoms with van der Waals surface area (Å²) in [5, 5.41) is 4.19. The lowest BCUT2D eigenvalue weighted by Gasteiger charge is -2.25. The summed E-state index contributed by atoms with van der Waals surface area (Å²) in [6.07, 6.45) is 1.79. The predicted molar refractivity (Wildman–Crippen MR) is 74.4 cm³/mol. The highest BCUT2D eigenvalue weighted by atomic mass is 15.3. The van der Waals surface area contributed by atoms with Crippen LogP contribution in [0.15, 0.2) is 36.5 Å². The maximum Gasteiger partial charge on any atom is 0.0726 e. The van der Waals surface area contributed by atoms with Gasteiger partial charge in [0.05, 0.1) is 11.7 Å². The fourth-order valence-electron chi connectivity index (χ4n) is 2.30. The molecule has 2 aromatic rings. The quantitative estimate of drug-likeness (QED) is 0.881. The molecule has 0 aliphatic carbocycles. The van der Waals surface area contributed by atoms with Crippen molar-refractivity contribution in [1.29, 1.82) is 0 Å². The molecule has 0 saturated carbocycles. The van der Waals surface area contributed by atoms with Crippen LogP contribution in [0.25, 0.3) is 0 Å². The fraction of sp³-hybridized carbons (Fsp3) is 0.400. The zero-order valence-corrected chi connectivity index (χ0v) is 11.5. The average molecular weight is 243 g/mol. The summed E-state index contributed by atoms with van der Waals surface area (Å²) in [6.45, 7) is 6.63. The third kappa shape index (κ3) is 2.31. The van der Waals surface area contributed by atoms with Gasteiger partial charge in [-0.3, -0.25) is 4.68 Å². The van der Waals surface area contributed by atoms with Crippen LogP contribution in [0.4, 0.5) is 0 Å². The molecule has 0 aliphatic heterocycles. The number of nitrogens with two attached hydrogens (primary N) is 1. The third-order valence-electron chi connectivity index (χ3n) is 3.28. The summed E-state index contributed by atoms with van der Waals surface area (Å²) < 4.78 is 1.84. The number of hydrogen-bond acceptors (Lipinski definition) is 2. The average Bonchev–Trinajstić information content (AvgIpc) is 2.73. The van der Waals surface area contributed by atoms with E-state index >= 15 is 0 Å². The van der Waals surface area contributed by atoms with Crippen molar-refractivity contribution in [1.82, 2.24) is 9.78 Å². The molecule has 0 radical (unpaired) electrons. The van der Waals surface area contributed by atoms with Crippen LogP contribution in [-0.4, -0.2) is 9.78 Å². The molecule has 96 valence electrons. The highest BCUT2D eigenvalue weighted by molar-refractivity contribution is 5.38. The first-order chi connectivity index (χ1) is 8.41. The van der Waals surface area contributed by atoms with Gasteiger partial charge in [0.15, 0.2) is 0 Å². The Labute approximate surface area is 109 Å². The van der Waals surface area contributed by atoms with E-state index in [4.69, 9.17) is 5.73 Å². The topological polar surface area (TPSA) is 43.8 Å². The van der Waals surface area contributed by atoms with Gasteiger partial charge < -0.3 is 5.73 Å². The van der Waals surface area contributed by atoms with Gasteiger partial charge >= 0.3 is 0 Å². The van der Waals surface area contributed by atoms with E-state index < -0.39 is 0 Å². The second-order valence-corrected chi connectivity index (χ2v) is 5.69. The Morgan fingerprint density at radius 3 is 2.39 bits per heavy atom. The number of benzene rings is 1. The van der Waals surface area contributed by atoms with Crippen molar-refractivity contribution >= 4 is 0 Å². The Morgan fingerprint density at radius 2 is 1.83 bits per heavy atom. The molecule has 18 heavy (non-hydrogen) atoms. The Balaban J connectivity index is 2.49. The van der Waals surface area contributed by atoms with Gasteiger partial charge in [0.1, 0.15) is 0 Å². The molecular formula is C15H21N3. The molecule has 1 heterocycles. The molecule has 3 heteroatoms. The number of nitrogens with zero attached hydrogens (tertiary/aromatic N) is 2. The number of aromatic nitrogens is 2. The van der Waals surface area contributed by atoms with E-state index in [1.54, 1.807) is 6.20 Å². The molecular weight excluding hydrogens is 222 g/mol. The fourth-order valence-corrected chi connectivity index (χ4v) is 2.30. The number of aryl methyl sites for hydroxylation is 1. The van der Waals surface area contributed by atoms with Gasteiger partial charge in [-0.15, -0.1) is 0 Å². The Bertz CT molecular complexity index is 535. The second-order valence-electron chi connectivity index (χ2n) is 5.69. The predicted octanol–water partition coefficient (Wildman–Crippen LogP) is 2.77. The first-order valence-electron chi connectivity index (χ1n) is 6.24. The minimum atomic E-state index is -0.132. The highest BCUT2D eigenvalue weighted by Gasteiger charge is 2.22. The van der Waals surface area contributed by atoms with Gasteiger partial charge in [0.2, 0.25) is 0 Å². The zero-order chi connectivity index (χ0) is 13.3. The molecule has 1 atom stereocenters. The molecule has 0 saturated heterocycles. The van der Waals surface area contributed by atoms with Gasteiger partial charge in [-0.05, 0) is 22.6 Å². The molecule has 0 fully saturated rings. The highest BCUT2D eigenvalue weighted by Crippen LogP contribution is 2.31. The SMILES string of the molecule is Cn1nccc1C(N)c1ccccc1C(C)(C)C. The van der Waals surface area contributed by atoms with Gasteiger partial charge in [-0.25, -0.2) is 0 Å². The van der Waals surface area contributed by atoms with Crippen molar-refractivity contribution in [2.75, 3.05) is 0 Å². The summed E-state index contributed by atoms with van der Waals surface area (Å²) in [5.41, 5.74) is 9.99. The van der Waals surface area contributed by atoms with E-state index in [0.29, 0.717) is 0 Å². The minimum Gasteiger partial charge on any atom is -0.319 e.